The van der Waals surface area contributed by atoms with Crippen LogP contribution in [-0.4, -0.2) is 49.2 Å². The van der Waals surface area contributed by atoms with Crippen LogP contribution in [0, 0.1) is 0 Å². The first kappa shape index (κ1) is 16.1. The fourth-order valence-corrected chi connectivity index (χ4v) is 4.18. The molecule has 1 spiro atoms. The lowest BCUT2D eigenvalue weighted by Crippen LogP contribution is -2.57. The first-order chi connectivity index (χ1) is 11.7. The van der Waals surface area contributed by atoms with Crippen molar-refractivity contribution in [3.8, 4) is 0 Å². The Morgan fingerprint density at radius 2 is 1.96 bits per heavy atom. The molecule has 1 N–H and O–H groups in total. The molecule has 4 nitrogen and oxygen atoms in total. The van der Waals surface area contributed by atoms with Crippen molar-refractivity contribution < 1.29 is 9.53 Å². The van der Waals surface area contributed by atoms with Crippen LogP contribution in [0.2, 0.25) is 0 Å². The predicted octanol–water partition coefficient (Wildman–Crippen LogP) is 2.48. The highest BCUT2D eigenvalue weighted by molar-refractivity contribution is 5.79. The van der Waals surface area contributed by atoms with Crippen LogP contribution in [0.15, 0.2) is 24.3 Å². The number of nitrogens with zero attached hydrogens (tertiary/aromatic N) is 1. The number of hydrogen-bond acceptors (Lipinski definition) is 3. The molecule has 3 fully saturated rings. The fraction of sp³-hybridized carbons (Fsp3) is 0.650. The molecule has 1 saturated carbocycles. The molecule has 0 aromatic heterocycles. The van der Waals surface area contributed by atoms with Gasteiger partial charge in [0, 0.05) is 13.1 Å². The lowest BCUT2D eigenvalue weighted by Gasteiger charge is -2.45. The maximum Gasteiger partial charge on any atom is 0.227 e. The summed E-state index contributed by atoms with van der Waals surface area (Å²) in [6.45, 7) is 4.14. The van der Waals surface area contributed by atoms with Gasteiger partial charge in [0.15, 0.2) is 0 Å². The van der Waals surface area contributed by atoms with E-state index in [1.165, 1.54) is 24.8 Å². The molecule has 2 heterocycles. The van der Waals surface area contributed by atoms with E-state index in [-0.39, 0.29) is 11.5 Å². The molecule has 4 heteroatoms. The van der Waals surface area contributed by atoms with E-state index in [2.05, 4.69) is 29.6 Å². The predicted molar refractivity (Wildman–Crippen MR) is 94.1 cm³/mol. The van der Waals surface area contributed by atoms with Crippen molar-refractivity contribution in [3.05, 3.63) is 35.4 Å². The Morgan fingerprint density at radius 3 is 2.62 bits per heavy atom. The molecule has 1 aromatic rings. The third-order valence-corrected chi connectivity index (χ3v) is 6.03. The normalized spacial score (nSPS) is 23.9. The summed E-state index contributed by atoms with van der Waals surface area (Å²) in [5.41, 5.74) is 2.47. The third kappa shape index (κ3) is 3.35. The SMILES string of the molecule is O=C(Cc1ccc(C2CCC2)cc1)N1CCOC2(CCNCC2)C1. The molecule has 0 atom stereocenters. The molecular weight excluding hydrogens is 300 g/mol. The van der Waals surface area contributed by atoms with E-state index in [0.717, 1.165) is 50.5 Å². The number of benzene rings is 1. The average molecular weight is 328 g/mol. The third-order valence-electron chi connectivity index (χ3n) is 6.03. The highest BCUT2D eigenvalue weighted by Crippen LogP contribution is 2.36. The van der Waals surface area contributed by atoms with E-state index >= 15 is 0 Å². The quantitative estimate of drug-likeness (QED) is 0.927. The second kappa shape index (κ2) is 6.85. The lowest BCUT2D eigenvalue weighted by atomic mass is 9.80. The number of piperidine rings is 1. The minimum atomic E-state index is -0.104. The topological polar surface area (TPSA) is 41.6 Å². The Morgan fingerprint density at radius 1 is 1.21 bits per heavy atom. The Balaban J connectivity index is 1.36. The molecule has 0 unspecified atom stereocenters. The van der Waals surface area contributed by atoms with Crippen LogP contribution >= 0.6 is 0 Å². The van der Waals surface area contributed by atoms with Crippen molar-refractivity contribution in [1.29, 1.82) is 0 Å². The largest absolute Gasteiger partial charge is 0.371 e. The smallest absolute Gasteiger partial charge is 0.227 e. The van der Waals surface area contributed by atoms with Crippen molar-refractivity contribution in [2.45, 2.75) is 50.0 Å². The number of ether oxygens (including phenoxy) is 1. The molecule has 2 saturated heterocycles. The van der Waals surface area contributed by atoms with Gasteiger partial charge in [0.2, 0.25) is 5.91 Å². The fourth-order valence-electron chi connectivity index (χ4n) is 4.18. The summed E-state index contributed by atoms with van der Waals surface area (Å²) < 4.78 is 6.06. The van der Waals surface area contributed by atoms with Gasteiger partial charge in [-0.15, -0.1) is 0 Å². The summed E-state index contributed by atoms with van der Waals surface area (Å²) in [7, 11) is 0. The van der Waals surface area contributed by atoms with Crippen molar-refractivity contribution in [2.75, 3.05) is 32.8 Å². The maximum atomic E-state index is 12.7. The van der Waals surface area contributed by atoms with Crippen molar-refractivity contribution in [3.63, 3.8) is 0 Å². The van der Waals surface area contributed by atoms with Crippen LogP contribution in [0.5, 0.6) is 0 Å². The van der Waals surface area contributed by atoms with Gasteiger partial charge in [-0.3, -0.25) is 4.79 Å². The summed E-state index contributed by atoms with van der Waals surface area (Å²) in [6.07, 6.45) is 6.53. The van der Waals surface area contributed by atoms with Gasteiger partial charge in [-0.25, -0.2) is 0 Å². The van der Waals surface area contributed by atoms with Gasteiger partial charge in [-0.2, -0.15) is 0 Å². The van der Waals surface area contributed by atoms with Gasteiger partial charge in [-0.1, -0.05) is 30.7 Å². The minimum absolute atomic E-state index is 0.104. The first-order valence-electron chi connectivity index (χ1n) is 9.45. The molecule has 3 aliphatic rings. The lowest BCUT2D eigenvalue weighted by molar-refractivity contribution is -0.154. The molecule has 0 radical (unpaired) electrons. The monoisotopic (exact) mass is 328 g/mol. The number of carbonyl (C=O) groups is 1. The molecule has 24 heavy (non-hydrogen) atoms. The molecule has 2 aliphatic heterocycles. The van der Waals surface area contributed by atoms with E-state index in [1.54, 1.807) is 0 Å². The van der Waals surface area contributed by atoms with E-state index in [4.69, 9.17) is 4.74 Å². The van der Waals surface area contributed by atoms with Gasteiger partial charge >= 0.3 is 0 Å². The summed E-state index contributed by atoms with van der Waals surface area (Å²) in [5.74, 6) is 1.00. The number of hydrogen-bond donors (Lipinski definition) is 1. The van der Waals surface area contributed by atoms with E-state index < -0.39 is 0 Å². The molecule has 130 valence electrons. The number of carbonyl (C=O) groups excluding carboxylic acids is 1. The Bertz CT molecular complexity index is 568. The van der Waals surface area contributed by atoms with E-state index in [0.29, 0.717) is 13.0 Å². The Labute approximate surface area is 144 Å². The number of rotatable bonds is 3. The minimum Gasteiger partial charge on any atom is -0.371 e. The number of amides is 1. The molecule has 4 rings (SSSR count). The standard InChI is InChI=1S/C20H28N2O2/c23-19(14-16-4-6-18(7-5-16)17-2-1-3-17)22-12-13-24-20(15-22)8-10-21-11-9-20/h4-7,17,21H,1-3,8-15H2. The Kier molecular flexibility index (Phi) is 4.59. The highest BCUT2D eigenvalue weighted by Gasteiger charge is 2.39. The second-order valence-electron chi connectivity index (χ2n) is 7.64. The number of nitrogens with one attached hydrogen (secondary N) is 1. The van der Waals surface area contributed by atoms with Gasteiger partial charge < -0.3 is 15.0 Å². The average Bonchev–Trinajstić information content (AvgIpc) is 2.56. The molecule has 1 amide bonds. The van der Waals surface area contributed by atoms with Gasteiger partial charge in [0.1, 0.15) is 0 Å². The Hall–Kier alpha value is -1.39. The number of morpholine rings is 1. The first-order valence-corrected chi connectivity index (χ1v) is 9.45. The van der Waals surface area contributed by atoms with Crippen LogP contribution in [0.1, 0.15) is 49.1 Å². The van der Waals surface area contributed by atoms with Crippen LogP contribution in [0.3, 0.4) is 0 Å². The van der Waals surface area contributed by atoms with Crippen molar-refractivity contribution >= 4 is 5.91 Å². The van der Waals surface area contributed by atoms with E-state index in [9.17, 15) is 4.79 Å². The summed E-state index contributed by atoms with van der Waals surface area (Å²) in [5, 5.41) is 3.38. The molecule has 1 aromatic carbocycles. The zero-order valence-electron chi connectivity index (χ0n) is 14.4. The highest BCUT2D eigenvalue weighted by atomic mass is 16.5. The van der Waals surface area contributed by atoms with Gasteiger partial charge in [-0.05, 0) is 55.8 Å². The van der Waals surface area contributed by atoms with Crippen LogP contribution in [0.25, 0.3) is 0 Å². The van der Waals surface area contributed by atoms with E-state index in [1.807, 2.05) is 4.90 Å². The van der Waals surface area contributed by atoms with Crippen LogP contribution in [0.4, 0.5) is 0 Å². The van der Waals surface area contributed by atoms with Crippen molar-refractivity contribution in [2.24, 2.45) is 0 Å². The zero-order chi connectivity index (χ0) is 16.4. The molecule has 1 aliphatic carbocycles. The summed E-state index contributed by atoms with van der Waals surface area (Å²) in [4.78, 5) is 14.8. The van der Waals surface area contributed by atoms with Crippen molar-refractivity contribution in [1.82, 2.24) is 10.2 Å². The molecular formula is C20H28N2O2. The summed E-state index contributed by atoms with van der Waals surface area (Å²) in [6, 6.07) is 8.73. The molecule has 0 bridgehead atoms. The maximum absolute atomic E-state index is 12.7. The van der Waals surface area contributed by atoms with Gasteiger partial charge in [0.05, 0.1) is 18.6 Å². The second-order valence-corrected chi connectivity index (χ2v) is 7.64. The zero-order valence-corrected chi connectivity index (χ0v) is 14.4. The van der Waals surface area contributed by atoms with Crippen LogP contribution < -0.4 is 5.32 Å². The summed E-state index contributed by atoms with van der Waals surface area (Å²) >= 11 is 0. The van der Waals surface area contributed by atoms with Crippen LogP contribution in [-0.2, 0) is 16.0 Å². The van der Waals surface area contributed by atoms with Gasteiger partial charge in [0.25, 0.3) is 0 Å².